The molecular weight excluding hydrogens is 222 g/mol. The lowest BCUT2D eigenvalue weighted by Gasteiger charge is -2.27. The highest BCUT2D eigenvalue weighted by atomic mass is 32.2. The molecule has 4 heteroatoms. The van der Waals surface area contributed by atoms with E-state index in [1.165, 1.54) is 7.11 Å². The van der Waals surface area contributed by atoms with Gasteiger partial charge in [0.1, 0.15) is 5.54 Å². The van der Waals surface area contributed by atoms with Crippen molar-refractivity contribution in [2.24, 2.45) is 0 Å². The summed E-state index contributed by atoms with van der Waals surface area (Å²) in [6.45, 7) is 7.26. The summed E-state index contributed by atoms with van der Waals surface area (Å²) >= 11 is 1.97. The molecule has 16 heavy (non-hydrogen) atoms. The number of nitrogens with one attached hydrogen (secondary N) is 1. The van der Waals surface area contributed by atoms with Crippen LogP contribution >= 0.6 is 11.8 Å². The van der Waals surface area contributed by atoms with Gasteiger partial charge in [0.05, 0.1) is 7.11 Å². The van der Waals surface area contributed by atoms with Gasteiger partial charge in [-0.1, -0.05) is 20.8 Å². The van der Waals surface area contributed by atoms with E-state index in [4.69, 9.17) is 4.74 Å². The van der Waals surface area contributed by atoms with Crippen LogP contribution in [-0.4, -0.2) is 35.7 Å². The molecule has 0 spiro atoms. The highest BCUT2D eigenvalue weighted by Crippen LogP contribution is 2.39. The average Bonchev–Trinajstić information content (AvgIpc) is 2.61. The van der Waals surface area contributed by atoms with Gasteiger partial charge in [-0.05, 0) is 31.1 Å². The first kappa shape index (κ1) is 13.8. The summed E-state index contributed by atoms with van der Waals surface area (Å²) < 4.78 is 4.93. The highest BCUT2D eigenvalue weighted by Gasteiger charge is 2.45. The molecule has 1 aliphatic rings. The maximum Gasteiger partial charge on any atom is 0.326 e. The minimum absolute atomic E-state index is 0.0961. The Morgan fingerprint density at radius 3 is 2.81 bits per heavy atom. The maximum absolute atomic E-state index is 11.9. The molecule has 3 nitrogen and oxygen atoms in total. The van der Waals surface area contributed by atoms with Crippen LogP contribution in [0.4, 0.5) is 0 Å². The zero-order valence-electron chi connectivity index (χ0n) is 10.7. The molecule has 1 saturated carbocycles. The Bertz CT molecular complexity index is 245. The van der Waals surface area contributed by atoms with Crippen molar-refractivity contribution in [3.8, 4) is 0 Å². The van der Waals surface area contributed by atoms with E-state index in [2.05, 4.69) is 19.2 Å². The predicted molar refractivity (Wildman–Crippen MR) is 68.8 cm³/mol. The predicted octanol–water partition coefficient (Wildman–Crippen LogP) is 2.20. The second-order valence-corrected chi connectivity index (χ2v) is 6.54. The second-order valence-electron chi connectivity index (χ2n) is 4.65. The Morgan fingerprint density at radius 1 is 1.62 bits per heavy atom. The van der Waals surface area contributed by atoms with Gasteiger partial charge in [-0.2, -0.15) is 11.8 Å². The van der Waals surface area contributed by atoms with Crippen LogP contribution in [0.15, 0.2) is 0 Å². The summed E-state index contributed by atoms with van der Waals surface area (Å²) in [4.78, 5) is 11.9. The number of esters is 1. The normalized spacial score (nSPS) is 29.7. The summed E-state index contributed by atoms with van der Waals surface area (Å²) in [6.07, 6.45) is 2.90. The first-order chi connectivity index (χ1) is 7.54. The maximum atomic E-state index is 11.9. The molecular formula is C12H23NO2S. The number of carbonyl (C=O) groups excluding carboxylic acids is 1. The van der Waals surface area contributed by atoms with E-state index in [1.807, 2.05) is 18.7 Å². The number of methoxy groups -OCH3 is 1. The van der Waals surface area contributed by atoms with Crippen molar-refractivity contribution in [1.29, 1.82) is 0 Å². The number of hydrogen-bond acceptors (Lipinski definition) is 4. The van der Waals surface area contributed by atoms with E-state index in [0.717, 1.165) is 25.8 Å². The van der Waals surface area contributed by atoms with Crippen LogP contribution in [0.3, 0.4) is 0 Å². The lowest BCUT2D eigenvalue weighted by atomic mass is 9.98. The summed E-state index contributed by atoms with van der Waals surface area (Å²) in [5.74, 6) is -0.0961. The molecule has 94 valence electrons. The number of carbonyl (C=O) groups is 1. The molecule has 1 fully saturated rings. The number of ether oxygens (including phenoxy) is 1. The highest BCUT2D eigenvalue weighted by molar-refractivity contribution is 8.00. The lowest BCUT2D eigenvalue weighted by molar-refractivity contribution is -0.148. The van der Waals surface area contributed by atoms with Crippen molar-refractivity contribution < 1.29 is 9.53 Å². The van der Waals surface area contributed by atoms with Gasteiger partial charge in [-0.15, -0.1) is 0 Å². The van der Waals surface area contributed by atoms with Crippen LogP contribution in [0, 0.1) is 0 Å². The third-order valence-electron chi connectivity index (χ3n) is 3.03. The summed E-state index contributed by atoms with van der Waals surface area (Å²) in [7, 11) is 1.48. The van der Waals surface area contributed by atoms with Gasteiger partial charge in [0.2, 0.25) is 0 Å². The van der Waals surface area contributed by atoms with Gasteiger partial charge < -0.3 is 10.1 Å². The van der Waals surface area contributed by atoms with Crippen molar-refractivity contribution in [3.05, 3.63) is 0 Å². The van der Waals surface area contributed by atoms with Gasteiger partial charge >= 0.3 is 5.97 Å². The lowest BCUT2D eigenvalue weighted by Crippen LogP contribution is -2.50. The van der Waals surface area contributed by atoms with Crippen LogP contribution in [0.2, 0.25) is 0 Å². The van der Waals surface area contributed by atoms with E-state index >= 15 is 0 Å². The van der Waals surface area contributed by atoms with Crippen LogP contribution in [0.5, 0.6) is 0 Å². The molecule has 1 aliphatic carbocycles. The van der Waals surface area contributed by atoms with Gasteiger partial charge in [0, 0.05) is 5.25 Å². The molecule has 0 radical (unpaired) electrons. The number of hydrogen-bond donors (Lipinski definition) is 1. The van der Waals surface area contributed by atoms with Gasteiger partial charge in [-0.25, -0.2) is 0 Å². The standard InChI is InChI=1S/C12H23NO2S/c1-5-13-12(11(14)15-4)7-6-10(8-12)16-9(2)3/h9-10,13H,5-8H2,1-4H3. The average molecular weight is 245 g/mol. The van der Waals surface area contributed by atoms with Gasteiger partial charge in [-0.3, -0.25) is 4.79 Å². The molecule has 0 bridgehead atoms. The van der Waals surface area contributed by atoms with Gasteiger partial charge in [0.15, 0.2) is 0 Å². The molecule has 2 unspecified atom stereocenters. The van der Waals surface area contributed by atoms with Crippen LogP contribution in [-0.2, 0) is 9.53 Å². The first-order valence-electron chi connectivity index (χ1n) is 6.03. The minimum atomic E-state index is -0.421. The minimum Gasteiger partial charge on any atom is -0.468 e. The van der Waals surface area contributed by atoms with Crippen molar-refractivity contribution >= 4 is 17.7 Å². The fourth-order valence-corrected chi connectivity index (χ4v) is 3.86. The second kappa shape index (κ2) is 5.92. The smallest absolute Gasteiger partial charge is 0.326 e. The van der Waals surface area contributed by atoms with Crippen LogP contribution in [0.25, 0.3) is 0 Å². The summed E-state index contributed by atoms with van der Waals surface area (Å²) in [5.41, 5.74) is -0.421. The molecule has 2 atom stereocenters. The van der Waals surface area contributed by atoms with Crippen LogP contribution in [0.1, 0.15) is 40.0 Å². The van der Waals surface area contributed by atoms with E-state index in [-0.39, 0.29) is 5.97 Å². The van der Waals surface area contributed by atoms with Crippen molar-refractivity contribution in [2.75, 3.05) is 13.7 Å². The zero-order valence-corrected chi connectivity index (χ0v) is 11.5. The first-order valence-corrected chi connectivity index (χ1v) is 6.97. The van der Waals surface area contributed by atoms with Crippen molar-refractivity contribution in [3.63, 3.8) is 0 Å². The quantitative estimate of drug-likeness (QED) is 0.754. The number of thioether (sulfide) groups is 1. The van der Waals surface area contributed by atoms with Crippen LogP contribution < -0.4 is 5.32 Å². The fourth-order valence-electron chi connectivity index (χ4n) is 2.45. The van der Waals surface area contributed by atoms with E-state index < -0.39 is 5.54 Å². The third kappa shape index (κ3) is 3.14. The molecule has 1 N–H and O–H groups in total. The molecule has 0 aromatic carbocycles. The fraction of sp³-hybridized carbons (Fsp3) is 0.917. The largest absolute Gasteiger partial charge is 0.468 e. The molecule has 0 amide bonds. The van der Waals surface area contributed by atoms with E-state index in [0.29, 0.717) is 10.5 Å². The summed E-state index contributed by atoms with van der Waals surface area (Å²) in [6, 6.07) is 0. The van der Waals surface area contributed by atoms with E-state index in [1.54, 1.807) is 0 Å². The number of rotatable bonds is 5. The van der Waals surface area contributed by atoms with Crippen molar-refractivity contribution in [1.82, 2.24) is 5.32 Å². The SMILES string of the molecule is CCNC1(C(=O)OC)CCC(SC(C)C)C1. The molecule has 0 aromatic rings. The third-order valence-corrected chi connectivity index (χ3v) is 4.36. The molecule has 0 heterocycles. The van der Waals surface area contributed by atoms with Crippen molar-refractivity contribution in [2.45, 2.75) is 56.1 Å². The Kier molecular flexibility index (Phi) is 5.12. The molecule has 0 aliphatic heterocycles. The Balaban J connectivity index is 2.64. The molecule has 1 rings (SSSR count). The molecule has 0 aromatic heterocycles. The Hall–Kier alpha value is -0.220. The monoisotopic (exact) mass is 245 g/mol. The summed E-state index contributed by atoms with van der Waals surface area (Å²) in [5, 5.41) is 4.53. The number of likely N-dealkylation sites (N-methyl/N-ethyl adjacent to an activating group) is 1. The Labute approximate surface area is 103 Å². The van der Waals surface area contributed by atoms with Gasteiger partial charge in [0.25, 0.3) is 0 Å². The van der Waals surface area contributed by atoms with E-state index in [9.17, 15) is 4.79 Å². The zero-order chi connectivity index (χ0) is 12.2. The topological polar surface area (TPSA) is 38.3 Å². The Morgan fingerprint density at radius 2 is 2.31 bits per heavy atom. The molecule has 0 saturated heterocycles.